The lowest BCUT2D eigenvalue weighted by Crippen LogP contribution is -2.60. The first-order valence-electron chi connectivity index (χ1n) is 8.36. The summed E-state index contributed by atoms with van der Waals surface area (Å²) in [4.78, 5) is 14.4. The van der Waals surface area contributed by atoms with Gasteiger partial charge in [-0.25, -0.2) is 8.42 Å². The van der Waals surface area contributed by atoms with Crippen molar-refractivity contribution < 1.29 is 17.7 Å². The van der Waals surface area contributed by atoms with E-state index >= 15 is 0 Å². The Hall–Kier alpha value is -1.16. The summed E-state index contributed by atoms with van der Waals surface area (Å²) in [5.74, 6) is -0.214. The molecule has 0 unspecified atom stereocenters. The number of aromatic nitrogens is 1. The van der Waals surface area contributed by atoms with E-state index < -0.39 is 15.6 Å². The van der Waals surface area contributed by atoms with Crippen molar-refractivity contribution in [2.45, 2.75) is 43.4 Å². The van der Waals surface area contributed by atoms with Crippen molar-refractivity contribution in [2.75, 3.05) is 26.2 Å². The Kier molecular flexibility index (Phi) is 6.47. The van der Waals surface area contributed by atoms with Crippen LogP contribution >= 0.6 is 12.4 Å². The number of carbonyl (C=O) groups is 1. The summed E-state index contributed by atoms with van der Waals surface area (Å²) in [6.45, 7) is 1.36. The summed E-state index contributed by atoms with van der Waals surface area (Å²) in [7, 11) is -3.45. The zero-order chi connectivity index (χ0) is 17.2. The van der Waals surface area contributed by atoms with E-state index in [1.165, 1.54) is 10.6 Å². The van der Waals surface area contributed by atoms with Gasteiger partial charge in [0.1, 0.15) is 12.0 Å². The van der Waals surface area contributed by atoms with E-state index in [0.717, 1.165) is 32.1 Å². The van der Waals surface area contributed by atoms with E-state index in [0.29, 0.717) is 31.9 Å². The average molecular weight is 393 g/mol. The van der Waals surface area contributed by atoms with E-state index in [4.69, 9.17) is 5.73 Å². The molecule has 2 N–H and O–H groups in total. The highest BCUT2D eigenvalue weighted by Gasteiger charge is 2.40. The van der Waals surface area contributed by atoms with E-state index in [1.807, 2.05) is 0 Å². The molecule has 0 bridgehead atoms. The van der Waals surface area contributed by atoms with Crippen molar-refractivity contribution >= 4 is 28.3 Å². The Balaban J connectivity index is 0.00000225. The average Bonchev–Trinajstić information content (AvgIpc) is 3.07. The molecule has 142 valence electrons. The fourth-order valence-corrected chi connectivity index (χ4v) is 4.90. The van der Waals surface area contributed by atoms with Crippen LogP contribution in [0.25, 0.3) is 0 Å². The molecule has 0 spiro atoms. The molecule has 1 saturated heterocycles. The van der Waals surface area contributed by atoms with Crippen molar-refractivity contribution in [1.82, 2.24) is 14.4 Å². The summed E-state index contributed by atoms with van der Waals surface area (Å²) in [5.41, 5.74) is 5.92. The molecular weight excluding hydrogens is 368 g/mol. The zero-order valence-electron chi connectivity index (χ0n) is 14.1. The molecule has 1 saturated carbocycles. The van der Waals surface area contributed by atoms with E-state index in [2.05, 4.69) is 9.68 Å². The second kappa shape index (κ2) is 8.03. The van der Waals surface area contributed by atoms with Crippen molar-refractivity contribution in [1.29, 1.82) is 0 Å². The van der Waals surface area contributed by atoms with E-state index in [1.54, 1.807) is 11.0 Å². The monoisotopic (exact) mass is 392 g/mol. The molecular formula is C15H25ClN4O4S. The number of hydrogen-bond acceptors (Lipinski definition) is 6. The van der Waals surface area contributed by atoms with Gasteiger partial charge in [0.15, 0.2) is 0 Å². The number of piperazine rings is 1. The van der Waals surface area contributed by atoms with Gasteiger partial charge in [-0.1, -0.05) is 24.4 Å². The minimum Gasteiger partial charge on any atom is -0.364 e. The summed E-state index contributed by atoms with van der Waals surface area (Å²) in [6, 6.07) is 1.54. The Bertz CT molecular complexity index is 666. The normalized spacial score (nSPS) is 21.6. The maximum absolute atomic E-state index is 12.7. The van der Waals surface area contributed by atoms with Crippen LogP contribution in [-0.4, -0.2) is 60.4 Å². The van der Waals surface area contributed by atoms with Gasteiger partial charge in [0.25, 0.3) is 0 Å². The minimum atomic E-state index is -3.45. The van der Waals surface area contributed by atoms with Crippen molar-refractivity contribution in [3.63, 3.8) is 0 Å². The fourth-order valence-electron chi connectivity index (χ4n) is 3.47. The van der Waals surface area contributed by atoms with E-state index in [-0.39, 0.29) is 24.1 Å². The number of rotatable bonds is 4. The first-order chi connectivity index (χ1) is 11.4. The maximum atomic E-state index is 12.7. The van der Waals surface area contributed by atoms with E-state index in [9.17, 15) is 13.2 Å². The summed E-state index contributed by atoms with van der Waals surface area (Å²) in [6.07, 6.45) is 5.88. The molecule has 2 aliphatic rings. The molecule has 1 aromatic rings. The topological polar surface area (TPSA) is 110 Å². The lowest BCUT2D eigenvalue weighted by Gasteiger charge is -2.40. The van der Waals surface area contributed by atoms with Crippen LogP contribution in [0.5, 0.6) is 0 Å². The number of nitrogens with two attached hydrogens (primary N) is 1. The number of halogens is 1. The molecule has 1 amide bonds. The third-order valence-electron chi connectivity index (χ3n) is 4.91. The molecule has 0 atom stereocenters. The number of nitrogens with zero attached hydrogens (tertiary/aromatic N) is 3. The van der Waals surface area contributed by atoms with Crippen LogP contribution in [0.2, 0.25) is 0 Å². The lowest BCUT2D eigenvalue weighted by atomic mass is 9.81. The molecule has 0 radical (unpaired) electrons. The van der Waals surface area contributed by atoms with Gasteiger partial charge in [-0.3, -0.25) is 4.79 Å². The van der Waals surface area contributed by atoms with Gasteiger partial charge >= 0.3 is 0 Å². The highest BCUT2D eigenvalue weighted by Crippen LogP contribution is 2.28. The molecule has 2 fully saturated rings. The largest absolute Gasteiger partial charge is 0.364 e. The maximum Gasteiger partial charge on any atom is 0.242 e. The molecule has 2 heterocycles. The Labute approximate surface area is 154 Å². The van der Waals surface area contributed by atoms with Crippen molar-refractivity contribution in [3.05, 3.63) is 18.0 Å². The summed E-state index contributed by atoms with van der Waals surface area (Å²) in [5, 5.41) is 3.65. The van der Waals surface area contributed by atoms with Gasteiger partial charge in [-0.2, -0.15) is 4.31 Å². The number of carbonyl (C=O) groups excluding carboxylic acids is 1. The molecule has 10 heteroatoms. The Morgan fingerprint density at radius 2 is 1.84 bits per heavy atom. The van der Waals surface area contributed by atoms with Gasteiger partial charge in [0.2, 0.25) is 15.9 Å². The van der Waals surface area contributed by atoms with Crippen molar-refractivity contribution in [3.8, 4) is 0 Å². The molecule has 8 nitrogen and oxygen atoms in total. The first kappa shape index (κ1) is 20.2. The Morgan fingerprint density at radius 3 is 2.40 bits per heavy atom. The Morgan fingerprint density at radius 1 is 1.20 bits per heavy atom. The van der Waals surface area contributed by atoms with Gasteiger partial charge < -0.3 is 15.2 Å². The third-order valence-corrected chi connectivity index (χ3v) is 6.72. The molecule has 3 rings (SSSR count). The summed E-state index contributed by atoms with van der Waals surface area (Å²) >= 11 is 0. The molecule has 1 aliphatic carbocycles. The SMILES string of the molecule is Cl.NC1(C(=O)N2CCN(S(=O)(=O)Cc3ccon3)CC2)CCCCC1. The van der Waals surface area contributed by atoms with Crippen LogP contribution in [0.15, 0.2) is 16.9 Å². The van der Waals surface area contributed by atoms with Gasteiger partial charge in [0, 0.05) is 32.2 Å². The zero-order valence-corrected chi connectivity index (χ0v) is 15.7. The van der Waals surface area contributed by atoms with Crippen LogP contribution in [-0.2, 0) is 20.6 Å². The number of amides is 1. The van der Waals surface area contributed by atoms with Crippen LogP contribution in [0.3, 0.4) is 0 Å². The quantitative estimate of drug-likeness (QED) is 0.808. The number of sulfonamides is 1. The van der Waals surface area contributed by atoms with Crippen LogP contribution in [0, 0.1) is 0 Å². The van der Waals surface area contributed by atoms with Gasteiger partial charge in [-0.15, -0.1) is 12.4 Å². The second-order valence-electron chi connectivity index (χ2n) is 6.66. The number of hydrogen-bond donors (Lipinski definition) is 1. The predicted octanol–water partition coefficient (Wildman–Crippen LogP) is 0.732. The fraction of sp³-hybridized carbons (Fsp3) is 0.733. The molecule has 0 aromatic carbocycles. The standard InChI is InChI=1S/C15H24N4O4S.ClH/c16-15(5-2-1-3-6-15)14(20)18-7-9-19(10-8-18)24(21,22)12-13-4-11-23-17-13;/h4,11H,1-3,5-10,12,16H2;1H. The van der Waals surface area contributed by atoms with Crippen LogP contribution in [0.4, 0.5) is 0 Å². The molecule has 1 aromatic heterocycles. The molecule has 1 aliphatic heterocycles. The van der Waals surface area contributed by atoms with Gasteiger partial charge in [0.05, 0.1) is 11.2 Å². The van der Waals surface area contributed by atoms with Gasteiger partial charge in [-0.05, 0) is 12.8 Å². The highest BCUT2D eigenvalue weighted by atomic mass is 35.5. The third kappa shape index (κ3) is 4.52. The second-order valence-corrected chi connectivity index (χ2v) is 8.62. The van der Waals surface area contributed by atoms with Crippen LogP contribution < -0.4 is 5.73 Å². The molecule has 25 heavy (non-hydrogen) atoms. The van der Waals surface area contributed by atoms with Crippen molar-refractivity contribution in [2.24, 2.45) is 5.73 Å². The predicted molar refractivity (Wildman–Crippen MR) is 94.5 cm³/mol. The van der Waals surface area contributed by atoms with Crippen LogP contribution in [0.1, 0.15) is 37.8 Å². The smallest absolute Gasteiger partial charge is 0.242 e. The first-order valence-corrected chi connectivity index (χ1v) is 9.97. The summed E-state index contributed by atoms with van der Waals surface area (Å²) < 4.78 is 30.9. The minimum absolute atomic E-state index is 0. The highest BCUT2D eigenvalue weighted by molar-refractivity contribution is 7.88. The lowest BCUT2D eigenvalue weighted by molar-refractivity contribution is -0.139.